The Bertz CT molecular complexity index is 1750. The number of benzene rings is 4. The van der Waals surface area contributed by atoms with E-state index in [-0.39, 0.29) is 17.2 Å². The second-order valence-corrected chi connectivity index (χ2v) is 13.2. The number of rotatable bonds is 10. The minimum absolute atomic E-state index is 0.101. The van der Waals surface area contributed by atoms with Crippen LogP contribution < -0.4 is 16.0 Å². The van der Waals surface area contributed by atoms with Gasteiger partial charge in [-0.1, -0.05) is 69.3 Å². The Kier molecular flexibility index (Phi) is 10.7. The first-order valence-electron chi connectivity index (χ1n) is 16.0. The molecule has 4 aromatic carbocycles. The van der Waals surface area contributed by atoms with E-state index in [0.29, 0.717) is 56.1 Å². The molecular weight excluding hydrogens is 586 g/mol. The summed E-state index contributed by atoms with van der Waals surface area (Å²) in [4.78, 5) is 31.1. The van der Waals surface area contributed by atoms with Crippen LogP contribution in [0.1, 0.15) is 59.8 Å². The van der Waals surface area contributed by atoms with Crippen molar-refractivity contribution in [3.05, 3.63) is 119 Å². The molecule has 8 heteroatoms. The summed E-state index contributed by atoms with van der Waals surface area (Å²) >= 11 is 0. The van der Waals surface area contributed by atoms with Crippen LogP contribution in [0.4, 0.5) is 11.4 Å². The number of morpholine rings is 1. The van der Waals surface area contributed by atoms with Crippen LogP contribution in [0.25, 0.3) is 11.1 Å². The van der Waals surface area contributed by atoms with Gasteiger partial charge in [0.2, 0.25) is 5.91 Å². The van der Waals surface area contributed by atoms with Gasteiger partial charge in [0, 0.05) is 44.7 Å². The predicted octanol–water partition coefficient (Wildman–Crippen LogP) is 6.74. The Hall–Kier alpha value is -4.97. The Balaban J connectivity index is 1.44. The van der Waals surface area contributed by atoms with Crippen LogP contribution in [-0.2, 0) is 29.2 Å². The van der Waals surface area contributed by atoms with E-state index in [0.717, 1.165) is 46.6 Å². The minimum atomic E-state index is -0.249. The summed E-state index contributed by atoms with van der Waals surface area (Å²) in [6, 6.07) is 31.1. The minimum Gasteiger partial charge on any atom is -0.378 e. The average Bonchev–Trinajstić information content (AvgIpc) is 3.08. The molecule has 242 valence electrons. The van der Waals surface area contributed by atoms with Gasteiger partial charge in [0.1, 0.15) is 0 Å². The van der Waals surface area contributed by atoms with E-state index in [1.807, 2.05) is 53.4 Å². The molecule has 1 saturated heterocycles. The van der Waals surface area contributed by atoms with E-state index in [9.17, 15) is 9.59 Å². The lowest BCUT2D eigenvalue weighted by Gasteiger charge is -2.31. The van der Waals surface area contributed by atoms with Crippen LogP contribution >= 0.6 is 0 Å². The van der Waals surface area contributed by atoms with Crippen molar-refractivity contribution in [2.24, 2.45) is 11.1 Å². The monoisotopic (exact) mass is 629 g/mol. The molecular formula is C39H43N5O3. The van der Waals surface area contributed by atoms with E-state index in [1.54, 1.807) is 24.3 Å². The number of nitrogens with one attached hydrogen (secondary N) is 1. The van der Waals surface area contributed by atoms with Gasteiger partial charge in [-0.3, -0.25) is 9.59 Å². The molecule has 0 atom stereocenters. The summed E-state index contributed by atoms with van der Waals surface area (Å²) in [6.45, 7) is 10.3. The van der Waals surface area contributed by atoms with Crippen LogP contribution in [0.3, 0.4) is 0 Å². The number of nitriles is 1. The molecule has 1 fully saturated rings. The van der Waals surface area contributed by atoms with E-state index in [4.69, 9.17) is 15.7 Å². The van der Waals surface area contributed by atoms with Crippen LogP contribution in [0.5, 0.6) is 0 Å². The maximum Gasteiger partial charge on any atom is 0.255 e. The number of nitrogens with two attached hydrogens (primary N) is 1. The fourth-order valence-corrected chi connectivity index (χ4v) is 5.73. The zero-order valence-corrected chi connectivity index (χ0v) is 27.5. The van der Waals surface area contributed by atoms with Gasteiger partial charge in [-0.2, -0.15) is 5.26 Å². The largest absolute Gasteiger partial charge is 0.378 e. The third-order valence-electron chi connectivity index (χ3n) is 8.14. The van der Waals surface area contributed by atoms with Gasteiger partial charge in [-0.15, -0.1) is 0 Å². The standard InChI is InChI=1S/C39H43N5O3/c1-39(2,3)23-37(45)44(26-30-7-4-6-29(20-30)25-41)27-31-8-5-9-33(21-31)34-14-15-36(43-16-18-47-19-17-43)35(22-34)42-38(46)32-12-10-28(24-40)11-13-32/h4-15,20-22H,16-19,23,25-27,41H2,1-3H3,(H,42,46). The maximum atomic E-state index is 13.6. The normalized spacial score (nSPS) is 13.1. The number of carbonyl (C=O) groups is 2. The van der Waals surface area contributed by atoms with Gasteiger partial charge in [0.15, 0.2) is 0 Å². The van der Waals surface area contributed by atoms with E-state index in [1.165, 1.54) is 0 Å². The average molecular weight is 630 g/mol. The first-order chi connectivity index (χ1) is 22.6. The quantitative estimate of drug-likeness (QED) is 0.201. The molecule has 0 aliphatic carbocycles. The van der Waals surface area contributed by atoms with Crippen LogP contribution in [-0.4, -0.2) is 43.0 Å². The molecule has 1 aliphatic rings. The number of nitrogens with zero attached hydrogens (tertiary/aromatic N) is 3. The number of anilines is 2. The van der Waals surface area contributed by atoms with Crippen molar-refractivity contribution < 1.29 is 14.3 Å². The highest BCUT2D eigenvalue weighted by Crippen LogP contribution is 2.33. The molecule has 4 aromatic rings. The van der Waals surface area contributed by atoms with Gasteiger partial charge >= 0.3 is 0 Å². The number of carbonyl (C=O) groups excluding carboxylic acids is 2. The molecule has 0 bridgehead atoms. The predicted molar refractivity (Wildman–Crippen MR) is 187 cm³/mol. The molecule has 1 heterocycles. The Morgan fingerprint density at radius 1 is 0.872 bits per heavy atom. The van der Waals surface area contributed by atoms with Crippen molar-refractivity contribution in [1.82, 2.24) is 4.90 Å². The van der Waals surface area contributed by atoms with Crippen molar-refractivity contribution >= 4 is 23.2 Å². The Morgan fingerprint density at radius 2 is 1.51 bits per heavy atom. The highest BCUT2D eigenvalue weighted by molar-refractivity contribution is 6.06. The molecule has 47 heavy (non-hydrogen) atoms. The summed E-state index contributed by atoms with van der Waals surface area (Å²) < 4.78 is 5.57. The first-order valence-corrected chi connectivity index (χ1v) is 16.0. The summed E-state index contributed by atoms with van der Waals surface area (Å²) in [5.41, 5.74) is 13.4. The van der Waals surface area contributed by atoms with Gasteiger partial charge in [0.05, 0.1) is 36.2 Å². The topological polar surface area (TPSA) is 112 Å². The Labute approximate surface area is 277 Å². The second kappa shape index (κ2) is 15.1. The molecule has 0 aromatic heterocycles. The fraction of sp³-hybridized carbons (Fsp3) is 0.308. The van der Waals surface area contributed by atoms with Gasteiger partial charge in [0.25, 0.3) is 5.91 Å². The maximum absolute atomic E-state index is 13.6. The lowest BCUT2D eigenvalue weighted by Crippen LogP contribution is -2.36. The zero-order valence-electron chi connectivity index (χ0n) is 27.5. The SMILES string of the molecule is CC(C)(C)CC(=O)N(Cc1cccc(CN)c1)Cc1cccc(-c2ccc(N3CCOCC3)c(NC(=O)c3ccc(C#N)cc3)c2)c1. The van der Waals surface area contributed by atoms with E-state index in [2.05, 4.69) is 55.3 Å². The molecule has 5 rings (SSSR count). The van der Waals surface area contributed by atoms with Crippen molar-refractivity contribution in [2.75, 3.05) is 36.5 Å². The van der Waals surface area contributed by atoms with Crippen LogP contribution in [0.2, 0.25) is 0 Å². The van der Waals surface area contributed by atoms with Crippen molar-refractivity contribution in [2.45, 2.75) is 46.8 Å². The third-order valence-corrected chi connectivity index (χ3v) is 8.14. The number of hydrogen-bond acceptors (Lipinski definition) is 6. The number of ether oxygens (including phenoxy) is 1. The molecule has 0 spiro atoms. The van der Waals surface area contributed by atoms with Crippen molar-refractivity contribution in [1.29, 1.82) is 5.26 Å². The molecule has 8 nitrogen and oxygen atoms in total. The van der Waals surface area contributed by atoms with E-state index >= 15 is 0 Å². The summed E-state index contributed by atoms with van der Waals surface area (Å²) in [5.74, 6) is -0.148. The van der Waals surface area contributed by atoms with Crippen LogP contribution in [0, 0.1) is 16.7 Å². The zero-order chi connectivity index (χ0) is 33.4. The molecule has 0 saturated carbocycles. The molecule has 0 radical (unpaired) electrons. The van der Waals surface area contributed by atoms with Gasteiger partial charge in [-0.25, -0.2) is 0 Å². The molecule has 2 amide bonds. The highest BCUT2D eigenvalue weighted by atomic mass is 16.5. The summed E-state index contributed by atoms with van der Waals surface area (Å²) in [7, 11) is 0. The molecule has 3 N–H and O–H groups in total. The third kappa shape index (κ3) is 9.07. The first kappa shape index (κ1) is 33.4. The summed E-state index contributed by atoms with van der Waals surface area (Å²) in [6.07, 6.45) is 0.439. The molecule has 1 aliphatic heterocycles. The lowest BCUT2D eigenvalue weighted by atomic mass is 9.91. The van der Waals surface area contributed by atoms with Gasteiger partial charge in [-0.05, 0) is 75.7 Å². The van der Waals surface area contributed by atoms with Crippen LogP contribution in [0.15, 0.2) is 91.0 Å². The van der Waals surface area contributed by atoms with Gasteiger partial charge < -0.3 is 25.6 Å². The van der Waals surface area contributed by atoms with Crippen molar-refractivity contribution in [3.63, 3.8) is 0 Å². The lowest BCUT2D eigenvalue weighted by molar-refractivity contribution is -0.134. The highest BCUT2D eigenvalue weighted by Gasteiger charge is 2.23. The Morgan fingerprint density at radius 3 is 2.17 bits per heavy atom. The number of hydrogen-bond donors (Lipinski definition) is 2. The smallest absolute Gasteiger partial charge is 0.255 e. The number of amides is 2. The summed E-state index contributed by atoms with van der Waals surface area (Å²) in [5, 5.41) is 12.3. The van der Waals surface area contributed by atoms with E-state index < -0.39 is 0 Å². The molecule has 0 unspecified atom stereocenters. The fourth-order valence-electron chi connectivity index (χ4n) is 5.73. The van der Waals surface area contributed by atoms with Crippen molar-refractivity contribution in [3.8, 4) is 17.2 Å². The second-order valence-electron chi connectivity index (χ2n) is 13.2.